The van der Waals surface area contributed by atoms with E-state index < -0.39 is 5.79 Å². The summed E-state index contributed by atoms with van der Waals surface area (Å²) in [5.41, 5.74) is 1.03. The van der Waals surface area contributed by atoms with Crippen LogP contribution in [0.2, 0.25) is 0 Å². The molecule has 24 heavy (non-hydrogen) atoms. The molecule has 0 N–H and O–H groups in total. The molecular weight excluding hydrogens is 312 g/mol. The Kier molecular flexibility index (Phi) is 3.51. The van der Waals surface area contributed by atoms with Crippen molar-refractivity contribution in [2.75, 3.05) is 14.2 Å². The summed E-state index contributed by atoms with van der Waals surface area (Å²) in [5.74, 6) is 0.101. The summed E-state index contributed by atoms with van der Waals surface area (Å²) < 4.78 is 28.2. The van der Waals surface area contributed by atoms with Crippen LogP contribution >= 0.6 is 0 Å². The van der Waals surface area contributed by atoms with Crippen LogP contribution in [0.15, 0.2) is 18.2 Å². The standard InChI is InChI=1S/C18H22O6/c1-18(2)23-15-13-8-10(14(16(15)24-18)17(19)22-13)9-5-6-11(20-3)12(7-9)21-4/h5-7,10,13-16H,8H2,1-4H3/t10?,13-,14?,15?,16?/m1/s1. The fourth-order valence-electron chi connectivity index (χ4n) is 4.21. The molecule has 2 bridgehead atoms. The van der Waals surface area contributed by atoms with Crippen molar-refractivity contribution in [1.82, 2.24) is 0 Å². The van der Waals surface area contributed by atoms with Gasteiger partial charge in [0.15, 0.2) is 17.3 Å². The van der Waals surface area contributed by atoms with Gasteiger partial charge in [0.2, 0.25) is 0 Å². The highest BCUT2D eigenvalue weighted by atomic mass is 16.8. The van der Waals surface area contributed by atoms with Gasteiger partial charge in [-0.25, -0.2) is 0 Å². The lowest BCUT2D eigenvalue weighted by molar-refractivity contribution is -0.193. The van der Waals surface area contributed by atoms with Crippen LogP contribution in [-0.2, 0) is 19.0 Å². The summed E-state index contributed by atoms with van der Waals surface area (Å²) in [5, 5.41) is 0. The Bertz CT molecular complexity index is 669. The molecule has 3 heterocycles. The zero-order chi connectivity index (χ0) is 17.1. The van der Waals surface area contributed by atoms with Crippen LogP contribution in [0.1, 0.15) is 31.7 Å². The molecule has 0 spiro atoms. The second kappa shape index (κ2) is 5.36. The Hall–Kier alpha value is -1.79. The van der Waals surface area contributed by atoms with Crippen molar-refractivity contribution in [3.8, 4) is 11.5 Å². The summed E-state index contributed by atoms with van der Waals surface area (Å²) in [7, 11) is 3.21. The number of esters is 1. The van der Waals surface area contributed by atoms with Crippen molar-refractivity contribution < 1.29 is 28.5 Å². The van der Waals surface area contributed by atoms with E-state index in [-0.39, 0.29) is 36.1 Å². The lowest BCUT2D eigenvalue weighted by Crippen LogP contribution is -2.58. The Morgan fingerprint density at radius 2 is 1.79 bits per heavy atom. The first-order valence-electron chi connectivity index (χ1n) is 8.21. The fourth-order valence-corrected chi connectivity index (χ4v) is 4.21. The number of carbonyl (C=O) groups is 1. The molecule has 5 atom stereocenters. The minimum Gasteiger partial charge on any atom is -0.493 e. The smallest absolute Gasteiger partial charge is 0.312 e. The number of ether oxygens (including phenoxy) is 5. The highest BCUT2D eigenvalue weighted by molar-refractivity contribution is 5.77. The first-order chi connectivity index (χ1) is 11.4. The van der Waals surface area contributed by atoms with E-state index in [1.54, 1.807) is 14.2 Å². The minimum atomic E-state index is -0.688. The van der Waals surface area contributed by atoms with Crippen molar-refractivity contribution in [2.45, 2.75) is 50.3 Å². The molecule has 1 aromatic rings. The first kappa shape index (κ1) is 15.7. The number of hydrogen-bond acceptors (Lipinski definition) is 6. The maximum absolute atomic E-state index is 12.5. The molecule has 0 amide bonds. The van der Waals surface area contributed by atoms with Gasteiger partial charge in [-0.05, 0) is 38.0 Å². The monoisotopic (exact) mass is 334 g/mol. The number of hydrogen-bond donors (Lipinski definition) is 0. The average molecular weight is 334 g/mol. The Morgan fingerprint density at radius 3 is 2.50 bits per heavy atom. The molecule has 0 radical (unpaired) electrons. The molecule has 6 nitrogen and oxygen atoms in total. The molecule has 0 aromatic heterocycles. The second-order valence-corrected chi connectivity index (χ2v) is 7.02. The molecule has 1 aliphatic carbocycles. The third kappa shape index (κ3) is 2.28. The Balaban J connectivity index is 1.69. The predicted molar refractivity (Wildman–Crippen MR) is 84.1 cm³/mol. The molecule has 130 valence electrons. The first-order valence-corrected chi connectivity index (χ1v) is 8.21. The van der Waals surface area contributed by atoms with Crippen LogP contribution in [-0.4, -0.2) is 44.3 Å². The molecule has 6 heteroatoms. The van der Waals surface area contributed by atoms with Crippen LogP contribution in [0.5, 0.6) is 11.5 Å². The van der Waals surface area contributed by atoms with E-state index in [4.69, 9.17) is 23.7 Å². The third-order valence-corrected chi connectivity index (χ3v) is 5.18. The van der Waals surface area contributed by atoms with Gasteiger partial charge in [-0.3, -0.25) is 4.79 Å². The van der Waals surface area contributed by atoms with Gasteiger partial charge >= 0.3 is 5.97 Å². The summed E-state index contributed by atoms with van der Waals surface area (Å²) >= 11 is 0. The third-order valence-electron chi connectivity index (χ3n) is 5.18. The number of benzene rings is 1. The van der Waals surface area contributed by atoms with E-state index in [9.17, 15) is 4.79 Å². The summed E-state index contributed by atoms with van der Waals surface area (Å²) in [6.07, 6.45) is 0.0107. The number of rotatable bonds is 3. The fraction of sp³-hybridized carbons (Fsp3) is 0.611. The average Bonchev–Trinajstić information content (AvgIpc) is 2.90. The normalized spacial score (nSPS) is 36.2. The van der Waals surface area contributed by atoms with Gasteiger partial charge in [0, 0.05) is 5.92 Å². The highest BCUT2D eigenvalue weighted by Gasteiger charge is 2.62. The molecular formula is C18H22O6. The summed E-state index contributed by atoms with van der Waals surface area (Å²) in [4.78, 5) is 12.5. The van der Waals surface area contributed by atoms with Gasteiger partial charge in [-0.15, -0.1) is 0 Å². The van der Waals surface area contributed by atoms with Crippen molar-refractivity contribution >= 4 is 5.97 Å². The number of methoxy groups -OCH3 is 2. The molecule has 3 saturated heterocycles. The molecule has 4 aliphatic rings. The molecule has 1 saturated carbocycles. The number of fused-ring (bicyclic) bond motifs is 2. The van der Waals surface area contributed by atoms with Gasteiger partial charge in [-0.2, -0.15) is 0 Å². The topological polar surface area (TPSA) is 63.2 Å². The zero-order valence-corrected chi connectivity index (χ0v) is 14.3. The van der Waals surface area contributed by atoms with Crippen LogP contribution in [0.3, 0.4) is 0 Å². The van der Waals surface area contributed by atoms with Crippen LogP contribution in [0.25, 0.3) is 0 Å². The summed E-state index contributed by atoms with van der Waals surface area (Å²) in [6, 6.07) is 5.79. The zero-order valence-electron chi connectivity index (χ0n) is 14.3. The Morgan fingerprint density at radius 1 is 1.08 bits per heavy atom. The van der Waals surface area contributed by atoms with E-state index in [1.807, 2.05) is 32.0 Å². The van der Waals surface area contributed by atoms with Crippen molar-refractivity contribution in [3.05, 3.63) is 23.8 Å². The van der Waals surface area contributed by atoms with Gasteiger partial charge in [0.25, 0.3) is 0 Å². The molecule has 5 rings (SSSR count). The molecule has 4 fully saturated rings. The van der Waals surface area contributed by atoms with E-state index in [0.29, 0.717) is 11.5 Å². The second-order valence-electron chi connectivity index (χ2n) is 7.02. The van der Waals surface area contributed by atoms with Crippen molar-refractivity contribution in [2.24, 2.45) is 5.92 Å². The predicted octanol–water partition coefficient (Wildman–Crippen LogP) is 2.25. The van der Waals surface area contributed by atoms with Gasteiger partial charge < -0.3 is 23.7 Å². The summed E-state index contributed by atoms with van der Waals surface area (Å²) in [6.45, 7) is 3.75. The maximum Gasteiger partial charge on any atom is 0.312 e. The van der Waals surface area contributed by atoms with Gasteiger partial charge in [0.1, 0.15) is 18.3 Å². The van der Waals surface area contributed by atoms with Crippen LogP contribution in [0, 0.1) is 5.92 Å². The van der Waals surface area contributed by atoms with Gasteiger partial charge in [0.05, 0.1) is 20.1 Å². The highest BCUT2D eigenvalue weighted by Crippen LogP contribution is 2.51. The molecule has 3 aliphatic heterocycles. The SMILES string of the molecule is COc1ccc(C2C[C@H]3OC(=O)C2C2OC(C)(C)OC23)cc1OC. The van der Waals surface area contributed by atoms with Gasteiger partial charge in [-0.1, -0.05) is 6.07 Å². The molecule has 4 unspecified atom stereocenters. The minimum absolute atomic E-state index is 0.0230. The van der Waals surface area contributed by atoms with E-state index in [1.165, 1.54) is 0 Å². The van der Waals surface area contributed by atoms with E-state index in [2.05, 4.69) is 0 Å². The number of carbonyl (C=O) groups excluding carboxylic acids is 1. The van der Waals surface area contributed by atoms with Crippen LogP contribution in [0.4, 0.5) is 0 Å². The van der Waals surface area contributed by atoms with Crippen LogP contribution < -0.4 is 9.47 Å². The van der Waals surface area contributed by atoms with Crippen molar-refractivity contribution in [3.63, 3.8) is 0 Å². The largest absolute Gasteiger partial charge is 0.493 e. The van der Waals surface area contributed by atoms with E-state index in [0.717, 1.165) is 12.0 Å². The quantitative estimate of drug-likeness (QED) is 0.790. The van der Waals surface area contributed by atoms with Crippen molar-refractivity contribution in [1.29, 1.82) is 0 Å². The van der Waals surface area contributed by atoms with E-state index >= 15 is 0 Å². The molecule has 1 aromatic carbocycles. The lowest BCUT2D eigenvalue weighted by atomic mass is 9.69. The lowest BCUT2D eigenvalue weighted by Gasteiger charge is -2.46. The Labute approximate surface area is 141 Å². The maximum atomic E-state index is 12.5.